The number of rotatable bonds is 7. The number of carboxylic acid groups (broad SMARTS) is 1. The van der Waals surface area contributed by atoms with Gasteiger partial charge in [-0.3, -0.25) is 9.78 Å². The highest BCUT2D eigenvalue weighted by Crippen LogP contribution is 2.06. The van der Waals surface area contributed by atoms with E-state index >= 15 is 0 Å². The fourth-order valence-electron chi connectivity index (χ4n) is 1.63. The quantitative estimate of drug-likeness (QED) is 0.784. The fraction of sp³-hybridized carbons (Fsp3) is 0.538. The zero-order valence-electron chi connectivity index (χ0n) is 10.5. The molecule has 0 aliphatic carbocycles. The standard InChI is InChI=1S/C13H20N2O2/c1-11(3-4-13(16)17)15(2)10-7-12-5-8-14-9-6-12/h5-6,8-9,11H,3-4,7,10H2,1-2H3,(H,16,17). The third-order valence-electron chi connectivity index (χ3n) is 3.03. The van der Waals surface area contributed by atoms with E-state index in [-0.39, 0.29) is 6.42 Å². The molecule has 0 fully saturated rings. The van der Waals surface area contributed by atoms with Crippen LogP contribution in [0.25, 0.3) is 0 Å². The minimum atomic E-state index is -0.723. The maximum Gasteiger partial charge on any atom is 0.303 e. The molecule has 94 valence electrons. The van der Waals surface area contributed by atoms with Crippen molar-refractivity contribution in [2.75, 3.05) is 13.6 Å². The van der Waals surface area contributed by atoms with Gasteiger partial charge in [0.1, 0.15) is 0 Å². The van der Waals surface area contributed by atoms with E-state index in [0.717, 1.165) is 13.0 Å². The van der Waals surface area contributed by atoms with Gasteiger partial charge in [0, 0.05) is 31.4 Å². The van der Waals surface area contributed by atoms with Crippen molar-refractivity contribution in [2.45, 2.75) is 32.2 Å². The first-order valence-electron chi connectivity index (χ1n) is 5.90. The van der Waals surface area contributed by atoms with E-state index in [2.05, 4.69) is 16.8 Å². The number of aliphatic carboxylic acids is 1. The van der Waals surface area contributed by atoms with Gasteiger partial charge in [-0.25, -0.2) is 0 Å². The summed E-state index contributed by atoms with van der Waals surface area (Å²) in [5.41, 5.74) is 1.26. The molecule has 0 saturated heterocycles. The van der Waals surface area contributed by atoms with Crippen molar-refractivity contribution >= 4 is 5.97 Å². The van der Waals surface area contributed by atoms with Crippen molar-refractivity contribution in [3.05, 3.63) is 30.1 Å². The molecule has 1 N–H and O–H groups in total. The maximum atomic E-state index is 10.5. The number of aromatic nitrogens is 1. The van der Waals surface area contributed by atoms with Crippen LogP contribution < -0.4 is 0 Å². The van der Waals surface area contributed by atoms with Crippen molar-refractivity contribution < 1.29 is 9.90 Å². The molecule has 0 spiro atoms. The molecule has 0 aliphatic heterocycles. The topological polar surface area (TPSA) is 53.4 Å². The van der Waals surface area contributed by atoms with Gasteiger partial charge in [0.2, 0.25) is 0 Å². The first-order valence-corrected chi connectivity index (χ1v) is 5.90. The largest absolute Gasteiger partial charge is 0.481 e. The summed E-state index contributed by atoms with van der Waals surface area (Å²) >= 11 is 0. The van der Waals surface area contributed by atoms with Gasteiger partial charge in [0.25, 0.3) is 0 Å². The number of carbonyl (C=O) groups is 1. The molecule has 0 aromatic carbocycles. The average molecular weight is 236 g/mol. The zero-order valence-corrected chi connectivity index (χ0v) is 10.5. The Hall–Kier alpha value is -1.42. The zero-order chi connectivity index (χ0) is 12.7. The fourth-order valence-corrected chi connectivity index (χ4v) is 1.63. The summed E-state index contributed by atoms with van der Waals surface area (Å²) in [5, 5.41) is 8.63. The van der Waals surface area contributed by atoms with Crippen LogP contribution >= 0.6 is 0 Å². The van der Waals surface area contributed by atoms with Crippen LogP contribution in [-0.2, 0) is 11.2 Å². The molecule has 1 aromatic heterocycles. The third kappa shape index (κ3) is 5.45. The van der Waals surface area contributed by atoms with Crippen LogP contribution in [0.4, 0.5) is 0 Å². The van der Waals surface area contributed by atoms with E-state index in [9.17, 15) is 4.79 Å². The number of hydrogen-bond donors (Lipinski definition) is 1. The lowest BCUT2D eigenvalue weighted by Crippen LogP contribution is -2.31. The number of carboxylic acids is 1. The van der Waals surface area contributed by atoms with Gasteiger partial charge in [-0.15, -0.1) is 0 Å². The van der Waals surface area contributed by atoms with Crippen LogP contribution in [0.5, 0.6) is 0 Å². The summed E-state index contributed by atoms with van der Waals surface area (Å²) in [4.78, 5) is 16.7. The van der Waals surface area contributed by atoms with Crippen molar-refractivity contribution in [3.63, 3.8) is 0 Å². The van der Waals surface area contributed by atoms with Gasteiger partial charge in [0.15, 0.2) is 0 Å². The summed E-state index contributed by atoms with van der Waals surface area (Å²) < 4.78 is 0. The SMILES string of the molecule is CC(CCC(=O)O)N(C)CCc1ccncc1. The van der Waals surface area contributed by atoms with E-state index < -0.39 is 5.97 Å². The monoisotopic (exact) mass is 236 g/mol. The Labute approximate surface area is 102 Å². The van der Waals surface area contributed by atoms with Crippen LogP contribution in [0.15, 0.2) is 24.5 Å². The normalized spacial score (nSPS) is 12.6. The number of nitrogens with zero attached hydrogens (tertiary/aromatic N) is 2. The number of hydrogen-bond acceptors (Lipinski definition) is 3. The van der Waals surface area contributed by atoms with Crippen molar-refractivity contribution in [3.8, 4) is 0 Å². The second-order valence-corrected chi connectivity index (χ2v) is 4.37. The molecule has 1 heterocycles. The molecule has 1 rings (SSSR count). The Morgan fingerprint density at radius 3 is 2.71 bits per heavy atom. The molecule has 1 unspecified atom stereocenters. The van der Waals surface area contributed by atoms with Crippen LogP contribution in [0.1, 0.15) is 25.3 Å². The van der Waals surface area contributed by atoms with Gasteiger partial charge >= 0.3 is 5.97 Å². The van der Waals surface area contributed by atoms with Gasteiger partial charge in [-0.2, -0.15) is 0 Å². The number of pyridine rings is 1. The molecule has 0 radical (unpaired) electrons. The highest BCUT2D eigenvalue weighted by atomic mass is 16.4. The van der Waals surface area contributed by atoms with E-state index in [1.807, 2.05) is 19.2 Å². The molecule has 4 nitrogen and oxygen atoms in total. The molecule has 0 amide bonds. The highest BCUT2D eigenvalue weighted by Gasteiger charge is 2.10. The first kappa shape index (κ1) is 13.6. The Bertz CT molecular complexity index is 341. The van der Waals surface area contributed by atoms with Crippen LogP contribution in [0.2, 0.25) is 0 Å². The molecular formula is C13H20N2O2. The van der Waals surface area contributed by atoms with Crippen LogP contribution in [-0.4, -0.2) is 40.6 Å². The maximum absolute atomic E-state index is 10.5. The molecule has 1 atom stereocenters. The number of likely N-dealkylation sites (N-methyl/N-ethyl adjacent to an activating group) is 1. The van der Waals surface area contributed by atoms with E-state index in [4.69, 9.17) is 5.11 Å². The average Bonchev–Trinajstić information content (AvgIpc) is 2.34. The van der Waals surface area contributed by atoms with Gasteiger partial charge in [0.05, 0.1) is 0 Å². The lowest BCUT2D eigenvalue weighted by atomic mass is 10.1. The van der Waals surface area contributed by atoms with Crippen LogP contribution in [0, 0.1) is 0 Å². The summed E-state index contributed by atoms with van der Waals surface area (Å²) in [7, 11) is 2.04. The molecule has 1 aromatic rings. The molecule has 4 heteroatoms. The van der Waals surface area contributed by atoms with Crippen molar-refractivity contribution in [2.24, 2.45) is 0 Å². The summed E-state index contributed by atoms with van der Waals surface area (Å²) in [6.07, 6.45) is 5.49. The molecular weight excluding hydrogens is 216 g/mol. The summed E-state index contributed by atoms with van der Waals surface area (Å²) in [6, 6.07) is 4.32. The predicted molar refractivity (Wildman–Crippen MR) is 66.9 cm³/mol. The van der Waals surface area contributed by atoms with Crippen molar-refractivity contribution in [1.82, 2.24) is 9.88 Å². The molecule has 0 saturated carbocycles. The lowest BCUT2D eigenvalue weighted by Gasteiger charge is -2.24. The second kappa shape index (κ2) is 7.01. The first-order chi connectivity index (χ1) is 8.09. The molecule has 0 aliphatic rings. The Morgan fingerprint density at radius 2 is 2.12 bits per heavy atom. The Kier molecular flexibility index (Phi) is 5.63. The minimum Gasteiger partial charge on any atom is -0.481 e. The van der Waals surface area contributed by atoms with E-state index in [1.54, 1.807) is 12.4 Å². The minimum absolute atomic E-state index is 0.237. The van der Waals surface area contributed by atoms with Crippen LogP contribution in [0.3, 0.4) is 0 Å². The van der Waals surface area contributed by atoms with E-state index in [1.165, 1.54) is 5.56 Å². The highest BCUT2D eigenvalue weighted by molar-refractivity contribution is 5.66. The Balaban J connectivity index is 2.29. The summed E-state index contributed by atoms with van der Waals surface area (Å²) in [6.45, 7) is 3.00. The smallest absolute Gasteiger partial charge is 0.303 e. The van der Waals surface area contributed by atoms with Crippen molar-refractivity contribution in [1.29, 1.82) is 0 Å². The molecule has 0 bridgehead atoms. The lowest BCUT2D eigenvalue weighted by molar-refractivity contribution is -0.137. The third-order valence-corrected chi connectivity index (χ3v) is 3.03. The van der Waals surface area contributed by atoms with Gasteiger partial charge in [-0.05, 0) is 44.5 Å². The predicted octanol–water partition coefficient (Wildman–Crippen LogP) is 1.81. The van der Waals surface area contributed by atoms with E-state index in [0.29, 0.717) is 12.5 Å². The second-order valence-electron chi connectivity index (χ2n) is 4.37. The Morgan fingerprint density at radius 1 is 1.47 bits per heavy atom. The van der Waals surface area contributed by atoms with Gasteiger partial charge < -0.3 is 10.0 Å². The summed E-state index contributed by atoms with van der Waals surface area (Å²) in [5.74, 6) is -0.723. The van der Waals surface area contributed by atoms with Gasteiger partial charge in [-0.1, -0.05) is 0 Å². The molecule has 17 heavy (non-hydrogen) atoms.